The van der Waals surface area contributed by atoms with Gasteiger partial charge in [-0.1, -0.05) is 48.6 Å². The summed E-state index contributed by atoms with van der Waals surface area (Å²) in [5, 5.41) is 11.3. The van der Waals surface area contributed by atoms with E-state index in [2.05, 4.69) is 0 Å². The molecule has 0 spiro atoms. The zero-order valence-corrected chi connectivity index (χ0v) is 16.7. The fraction of sp³-hybridized carbons (Fsp3) is 0.250. The van der Waals surface area contributed by atoms with E-state index in [1.165, 1.54) is 12.1 Å². The number of nitro groups is 1. The molecule has 30 heavy (non-hydrogen) atoms. The molecule has 0 bridgehead atoms. The number of hydrogen-bond donors (Lipinski definition) is 0. The number of benzene rings is 2. The van der Waals surface area contributed by atoms with Crippen LogP contribution in [0.1, 0.15) is 36.8 Å². The quantitative estimate of drug-likeness (QED) is 0.534. The van der Waals surface area contributed by atoms with Crippen molar-refractivity contribution >= 4 is 29.1 Å². The maximum absolute atomic E-state index is 13.2. The number of allylic oxidation sites excluding steroid dienone is 3. The van der Waals surface area contributed by atoms with Crippen molar-refractivity contribution in [2.75, 3.05) is 4.90 Å². The van der Waals surface area contributed by atoms with Crippen LogP contribution < -0.4 is 4.90 Å². The lowest BCUT2D eigenvalue weighted by molar-refractivity contribution is -0.384. The van der Waals surface area contributed by atoms with Gasteiger partial charge in [0.1, 0.15) is 0 Å². The van der Waals surface area contributed by atoms with Crippen LogP contribution in [-0.4, -0.2) is 16.6 Å². The molecular weight excluding hydrogens is 380 g/mol. The molecule has 0 radical (unpaired) electrons. The Balaban J connectivity index is 1.79. The first-order valence-corrected chi connectivity index (χ1v) is 10.0. The molecule has 0 fully saturated rings. The normalized spacial score (nSPS) is 19.4. The number of nitrogens with zero attached hydrogens (tertiary/aromatic N) is 2. The topological polar surface area (TPSA) is 80.5 Å². The number of carbonyl (C=O) groups excluding carboxylic acids is 2. The fourth-order valence-electron chi connectivity index (χ4n) is 4.22. The van der Waals surface area contributed by atoms with Gasteiger partial charge in [0.2, 0.25) is 5.91 Å². The molecule has 0 saturated heterocycles. The monoisotopic (exact) mass is 402 g/mol. The van der Waals surface area contributed by atoms with Crippen molar-refractivity contribution < 1.29 is 14.5 Å². The number of aryl methyl sites for hydroxylation is 1. The average molecular weight is 402 g/mol. The molecule has 6 nitrogen and oxygen atoms in total. The second-order valence-electron chi connectivity index (χ2n) is 7.67. The molecule has 4 rings (SSSR count). The van der Waals surface area contributed by atoms with Crippen molar-refractivity contribution in [2.24, 2.45) is 5.92 Å². The minimum absolute atomic E-state index is 0.0551. The predicted molar refractivity (Wildman–Crippen MR) is 115 cm³/mol. The largest absolute Gasteiger partial charge is 0.294 e. The number of ketones is 1. The maximum Gasteiger partial charge on any atom is 0.271 e. The fourth-order valence-corrected chi connectivity index (χ4v) is 4.22. The SMILES string of the molecule is Cc1ccc([N+](=O)[O-])cc1N1C(=O)CC(/C=C/c2ccccc2)C2=C1CCCC2=O. The number of nitro benzene ring substituents is 1. The minimum Gasteiger partial charge on any atom is -0.294 e. The molecule has 1 amide bonds. The molecule has 0 aromatic heterocycles. The Kier molecular flexibility index (Phi) is 5.31. The molecule has 1 atom stereocenters. The van der Waals surface area contributed by atoms with Gasteiger partial charge in [0, 0.05) is 42.2 Å². The lowest BCUT2D eigenvalue weighted by atomic mass is 9.80. The van der Waals surface area contributed by atoms with Crippen molar-refractivity contribution in [2.45, 2.75) is 32.6 Å². The van der Waals surface area contributed by atoms with Crippen LogP contribution in [0.15, 0.2) is 65.9 Å². The molecule has 6 heteroatoms. The van der Waals surface area contributed by atoms with Crippen LogP contribution in [0, 0.1) is 23.0 Å². The summed E-state index contributed by atoms with van der Waals surface area (Å²) >= 11 is 0. The molecular formula is C24H22N2O4. The highest BCUT2D eigenvalue weighted by molar-refractivity contribution is 6.07. The molecule has 1 unspecified atom stereocenters. The highest BCUT2D eigenvalue weighted by Gasteiger charge is 2.38. The molecule has 152 valence electrons. The van der Waals surface area contributed by atoms with Crippen LogP contribution in [0.4, 0.5) is 11.4 Å². The molecule has 0 N–H and O–H groups in total. The van der Waals surface area contributed by atoms with Gasteiger partial charge in [-0.3, -0.25) is 24.6 Å². The number of Topliss-reactive ketones (excluding diaryl/α,β-unsaturated/α-hetero) is 1. The van der Waals surface area contributed by atoms with E-state index >= 15 is 0 Å². The Hall–Kier alpha value is -3.54. The van der Waals surface area contributed by atoms with Crippen molar-refractivity contribution in [3.05, 3.63) is 87.1 Å². The Bertz CT molecular complexity index is 1090. The van der Waals surface area contributed by atoms with Gasteiger partial charge in [-0.2, -0.15) is 0 Å². The first-order valence-electron chi connectivity index (χ1n) is 10.0. The number of hydrogen-bond acceptors (Lipinski definition) is 4. The molecule has 2 aromatic rings. The van der Waals surface area contributed by atoms with Crippen molar-refractivity contribution in [1.82, 2.24) is 0 Å². The Morgan fingerprint density at radius 1 is 1.10 bits per heavy atom. The Morgan fingerprint density at radius 2 is 1.87 bits per heavy atom. The highest BCUT2D eigenvalue weighted by atomic mass is 16.6. The Morgan fingerprint density at radius 3 is 2.60 bits per heavy atom. The van der Waals surface area contributed by atoms with Gasteiger partial charge in [-0.25, -0.2) is 0 Å². The average Bonchev–Trinajstić information content (AvgIpc) is 2.73. The smallest absolute Gasteiger partial charge is 0.271 e. The van der Waals surface area contributed by atoms with E-state index in [-0.39, 0.29) is 29.7 Å². The zero-order chi connectivity index (χ0) is 21.3. The zero-order valence-electron chi connectivity index (χ0n) is 16.7. The van der Waals surface area contributed by atoms with Gasteiger partial charge in [-0.15, -0.1) is 0 Å². The minimum atomic E-state index is -0.468. The van der Waals surface area contributed by atoms with Crippen LogP contribution in [0.3, 0.4) is 0 Å². The number of amides is 1. The van der Waals surface area contributed by atoms with Crippen LogP contribution in [-0.2, 0) is 9.59 Å². The lowest BCUT2D eigenvalue weighted by Gasteiger charge is -2.37. The summed E-state index contributed by atoms with van der Waals surface area (Å²) in [4.78, 5) is 38.4. The first-order chi connectivity index (χ1) is 14.5. The van der Waals surface area contributed by atoms with Crippen molar-refractivity contribution in [1.29, 1.82) is 0 Å². The van der Waals surface area contributed by atoms with E-state index in [0.717, 1.165) is 11.1 Å². The number of anilines is 1. The van der Waals surface area contributed by atoms with Crippen LogP contribution in [0.5, 0.6) is 0 Å². The predicted octanol–water partition coefficient (Wildman–Crippen LogP) is 4.98. The van der Waals surface area contributed by atoms with E-state index in [1.807, 2.05) is 49.4 Å². The third kappa shape index (κ3) is 3.68. The third-order valence-electron chi connectivity index (χ3n) is 5.68. The van der Waals surface area contributed by atoms with E-state index in [4.69, 9.17) is 0 Å². The number of non-ortho nitro benzene ring substituents is 1. The third-order valence-corrected chi connectivity index (χ3v) is 5.68. The molecule has 1 aliphatic heterocycles. The number of carbonyl (C=O) groups is 2. The summed E-state index contributed by atoms with van der Waals surface area (Å²) in [5.41, 5.74) is 3.54. The summed E-state index contributed by atoms with van der Waals surface area (Å²) in [6.07, 6.45) is 5.78. The van der Waals surface area contributed by atoms with E-state index in [9.17, 15) is 19.7 Å². The van der Waals surface area contributed by atoms with Gasteiger partial charge in [0.25, 0.3) is 5.69 Å². The molecule has 1 heterocycles. The molecule has 0 saturated carbocycles. The van der Waals surface area contributed by atoms with Crippen molar-refractivity contribution in [3.8, 4) is 0 Å². The molecule has 2 aliphatic rings. The van der Waals surface area contributed by atoms with Gasteiger partial charge in [0.05, 0.1) is 10.6 Å². The summed E-state index contributed by atoms with van der Waals surface area (Å²) in [5.74, 6) is -0.370. The lowest BCUT2D eigenvalue weighted by Crippen LogP contribution is -2.41. The second kappa shape index (κ2) is 8.06. The number of rotatable bonds is 4. The summed E-state index contributed by atoms with van der Waals surface area (Å²) in [6, 6.07) is 14.3. The summed E-state index contributed by atoms with van der Waals surface area (Å²) < 4.78 is 0. The van der Waals surface area contributed by atoms with Crippen LogP contribution in [0.2, 0.25) is 0 Å². The summed E-state index contributed by atoms with van der Waals surface area (Å²) in [7, 11) is 0. The van der Waals surface area contributed by atoms with E-state index in [1.54, 1.807) is 11.0 Å². The van der Waals surface area contributed by atoms with Gasteiger partial charge in [-0.05, 0) is 30.9 Å². The van der Waals surface area contributed by atoms with Crippen molar-refractivity contribution in [3.63, 3.8) is 0 Å². The molecule has 2 aromatic carbocycles. The van der Waals surface area contributed by atoms with Gasteiger partial charge < -0.3 is 0 Å². The van der Waals surface area contributed by atoms with Crippen LogP contribution >= 0.6 is 0 Å². The molecule has 1 aliphatic carbocycles. The second-order valence-corrected chi connectivity index (χ2v) is 7.67. The van der Waals surface area contributed by atoms with E-state index in [0.29, 0.717) is 36.2 Å². The highest BCUT2D eigenvalue weighted by Crippen LogP contribution is 2.41. The van der Waals surface area contributed by atoms with E-state index < -0.39 is 4.92 Å². The van der Waals surface area contributed by atoms with Gasteiger partial charge >= 0.3 is 0 Å². The standard InChI is InChI=1S/C24H22N2O4/c1-16-10-13-19(26(29)30)15-21(16)25-20-8-5-9-22(27)24(20)18(14-23(25)28)12-11-17-6-3-2-4-7-17/h2-4,6-7,10-13,15,18H,5,8-9,14H2,1H3/b12-11+. The van der Waals surface area contributed by atoms with Crippen LogP contribution in [0.25, 0.3) is 6.08 Å². The Labute approximate surface area is 174 Å². The van der Waals surface area contributed by atoms with Gasteiger partial charge in [0.15, 0.2) is 5.78 Å². The first kappa shape index (κ1) is 19.8. The maximum atomic E-state index is 13.2. The summed E-state index contributed by atoms with van der Waals surface area (Å²) in [6.45, 7) is 1.82.